The molecule has 1 aliphatic heterocycles. The van der Waals surface area contributed by atoms with Gasteiger partial charge in [-0.1, -0.05) is 0 Å². The van der Waals surface area contributed by atoms with E-state index in [1.165, 1.54) is 36.0 Å². The lowest BCUT2D eigenvalue weighted by Crippen LogP contribution is -2.36. The molecule has 11 heavy (non-hydrogen) atoms. The van der Waals surface area contributed by atoms with Crippen molar-refractivity contribution in [2.45, 2.75) is 13.3 Å². The molecule has 0 aromatic carbocycles. The monoisotopic (exact) mass is 169 g/mol. The van der Waals surface area contributed by atoms with Crippen molar-refractivity contribution in [2.75, 3.05) is 23.7 Å². The molecule has 0 radical (unpaired) electrons. The third kappa shape index (κ3) is 0.976. The summed E-state index contributed by atoms with van der Waals surface area (Å²) < 4.78 is 4.10. The normalized spacial score (nSPS) is 16.6. The summed E-state index contributed by atoms with van der Waals surface area (Å²) in [6, 6.07) is 0. The van der Waals surface area contributed by atoms with Crippen molar-refractivity contribution in [1.29, 1.82) is 0 Å². The summed E-state index contributed by atoms with van der Waals surface area (Å²) in [6.07, 6.45) is 1.30. The van der Waals surface area contributed by atoms with Crippen LogP contribution in [0.25, 0.3) is 0 Å². The lowest BCUT2D eigenvalue weighted by molar-refractivity contribution is 0.621. The number of nitrogens with zero attached hydrogens (tertiary/aromatic N) is 2. The van der Waals surface area contributed by atoms with Crippen LogP contribution in [0.2, 0.25) is 0 Å². The number of hydrogen-bond donors (Lipinski definition) is 1. The number of aromatic nitrogens is 1. The van der Waals surface area contributed by atoms with Crippen molar-refractivity contribution in [3.05, 3.63) is 5.56 Å². The molecule has 1 saturated heterocycles. The van der Waals surface area contributed by atoms with E-state index in [1.54, 1.807) is 0 Å². The Labute approximate surface area is 70.0 Å². The van der Waals surface area contributed by atoms with Crippen LogP contribution in [-0.4, -0.2) is 17.5 Å². The van der Waals surface area contributed by atoms with E-state index in [2.05, 4.69) is 9.27 Å². The first-order valence-corrected chi connectivity index (χ1v) is 4.53. The predicted octanol–water partition coefficient (Wildman–Crippen LogP) is 1.24. The van der Waals surface area contributed by atoms with Crippen LogP contribution in [0.3, 0.4) is 0 Å². The van der Waals surface area contributed by atoms with Gasteiger partial charge in [0.15, 0.2) is 0 Å². The zero-order chi connectivity index (χ0) is 7.84. The smallest absolute Gasteiger partial charge is 0.142 e. The van der Waals surface area contributed by atoms with Crippen LogP contribution in [0.15, 0.2) is 0 Å². The molecule has 2 N–H and O–H groups in total. The maximum atomic E-state index is 5.63. The van der Waals surface area contributed by atoms with Crippen LogP contribution in [-0.2, 0) is 0 Å². The van der Waals surface area contributed by atoms with Crippen molar-refractivity contribution in [1.82, 2.24) is 4.37 Å². The first kappa shape index (κ1) is 6.91. The molecule has 0 bridgehead atoms. The van der Waals surface area contributed by atoms with Gasteiger partial charge in [-0.2, -0.15) is 4.37 Å². The molecule has 1 aromatic rings. The molecule has 2 rings (SSSR count). The van der Waals surface area contributed by atoms with Gasteiger partial charge in [-0.15, -0.1) is 0 Å². The van der Waals surface area contributed by atoms with Crippen molar-refractivity contribution in [3.8, 4) is 0 Å². The minimum Gasteiger partial charge on any atom is -0.383 e. The fraction of sp³-hybridized carbons (Fsp3) is 0.571. The second-order valence-corrected chi connectivity index (χ2v) is 3.59. The van der Waals surface area contributed by atoms with E-state index in [-0.39, 0.29) is 0 Å². The minimum absolute atomic E-state index is 0.692. The van der Waals surface area contributed by atoms with E-state index in [9.17, 15) is 0 Å². The molecule has 60 valence electrons. The van der Waals surface area contributed by atoms with Gasteiger partial charge in [0.05, 0.1) is 0 Å². The minimum atomic E-state index is 0.692. The van der Waals surface area contributed by atoms with Crippen LogP contribution >= 0.6 is 11.5 Å². The van der Waals surface area contributed by atoms with Crippen molar-refractivity contribution in [3.63, 3.8) is 0 Å². The highest BCUT2D eigenvalue weighted by atomic mass is 32.1. The van der Waals surface area contributed by atoms with Crippen LogP contribution in [0.1, 0.15) is 12.0 Å². The van der Waals surface area contributed by atoms with Gasteiger partial charge < -0.3 is 10.6 Å². The molecular formula is C7H11N3S. The highest BCUT2D eigenvalue weighted by Crippen LogP contribution is 2.32. The van der Waals surface area contributed by atoms with Gasteiger partial charge in [0.25, 0.3) is 0 Å². The Balaban J connectivity index is 2.29. The molecule has 1 fully saturated rings. The summed E-state index contributed by atoms with van der Waals surface area (Å²) in [5.41, 5.74) is 6.78. The third-order valence-corrected chi connectivity index (χ3v) is 3.10. The Bertz CT molecular complexity index is 265. The summed E-state index contributed by atoms with van der Waals surface area (Å²) in [5.74, 6) is 0.692. The molecule has 0 saturated carbocycles. The van der Waals surface area contributed by atoms with Gasteiger partial charge in [0.2, 0.25) is 0 Å². The topological polar surface area (TPSA) is 42.1 Å². The Morgan fingerprint density at radius 2 is 2.27 bits per heavy atom. The number of nitrogen functional groups attached to an aromatic ring is 1. The van der Waals surface area contributed by atoms with Gasteiger partial charge >= 0.3 is 0 Å². The maximum Gasteiger partial charge on any atom is 0.142 e. The second kappa shape index (κ2) is 2.37. The van der Waals surface area contributed by atoms with Gasteiger partial charge in [-0.3, -0.25) is 0 Å². The Morgan fingerprint density at radius 1 is 1.55 bits per heavy atom. The van der Waals surface area contributed by atoms with Gasteiger partial charge in [0.1, 0.15) is 10.8 Å². The summed E-state index contributed by atoms with van der Waals surface area (Å²) in [4.78, 5) is 2.32. The predicted molar refractivity (Wildman–Crippen MR) is 48.1 cm³/mol. The van der Waals surface area contributed by atoms with E-state index < -0.39 is 0 Å². The summed E-state index contributed by atoms with van der Waals surface area (Å²) in [5, 5.41) is 1.26. The number of rotatable bonds is 1. The van der Waals surface area contributed by atoms with E-state index in [1.807, 2.05) is 6.92 Å². The highest BCUT2D eigenvalue weighted by molar-refractivity contribution is 7.10. The fourth-order valence-corrected chi connectivity index (χ4v) is 2.01. The van der Waals surface area contributed by atoms with Crippen molar-refractivity contribution < 1.29 is 0 Å². The molecule has 3 nitrogen and oxygen atoms in total. The molecule has 1 aromatic heterocycles. The fourth-order valence-electron chi connectivity index (χ4n) is 1.15. The summed E-state index contributed by atoms with van der Waals surface area (Å²) in [6.45, 7) is 4.37. The summed E-state index contributed by atoms with van der Waals surface area (Å²) >= 11 is 1.51. The zero-order valence-electron chi connectivity index (χ0n) is 6.50. The van der Waals surface area contributed by atoms with E-state index in [0.29, 0.717) is 5.82 Å². The lowest BCUT2D eigenvalue weighted by atomic mass is 10.2. The van der Waals surface area contributed by atoms with E-state index in [4.69, 9.17) is 5.73 Å². The number of nitrogens with two attached hydrogens (primary N) is 1. The van der Waals surface area contributed by atoms with E-state index in [0.717, 1.165) is 5.56 Å². The highest BCUT2D eigenvalue weighted by Gasteiger charge is 2.19. The molecular weight excluding hydrogens is 158 g/mol. The maximum absolute atomic E-state index is 5.63. The van der Waals surface area contributed by atoms with Crippen molar-refractivity contribution in [2.24, 2.45) is 0 Å². The zero-order valence-corrected chi connectivity index (χ0v) is 7.32. The molecule has 0 aliphatic carbocycles. The van der Waals surface area contributed by atoms with Crippen molar-refractivity contribution >= 4 is 22.4 Å². The second-order valence-electron chi connectivity index (χ2n) is 2.84. The number of anilines is 2. The van der Waals surface area contributed by atoms with Gasteiger partial charge in [-0.05, 0) is 24.9 Å². The molecule has 0 atom stereocenters. The summed E-state index contributed by atoms with van der Waals surface area (Å²) in [7, 11) is 0. The molecule has 4 heteroatoms. The molecule has 2 heterocycles. The third-order valence-electron chi connectivity index (χ3n) is 2.08. The largest absolute Gasteiger partial charge is 0.383 e. The molecule has 0 spiro atoms. The lowest BCUT2D eigenvalue weighted by Gasteiger charge is -2.31. The van der Waals surface area contributed by atoms with Crippen LogP contribution in [0.5, 0.6) is 0 Å². The quantitative estimate of drug-likeness (QED) is 0.688. The van der Waals surface area contributed by atoms with Gasteiger partial charge in [-0.25, -0.2) is 0 Å². The first-order valence-electron chi connectivity index (χ1n) is 3.76. The van der Waals surface area contributed by atoms with Crippen LogP contribution < -0.4 is 10.6 Å². The Morgan fingerprint density at radius 3 is 2.64 bits per heavy atom. The van der Waals surface area contributed by atoms with Crippen LogP contribution in [0.4, 0.5) is 10.8 Å². The SMILES string of the molecule is Cc1c(N)nsc1N1CCC1. The van der Waals surface area contributed by atoms with Gasteiger partial charge in [0, 0.05) is 18.7 Å². The molecule has 0 amide bonds. The van der Waals surface area contributed by atoms with Crippen LogP contribution in [0, 0.1) is 6.92 Å². The average Bonchev–Trinajstić information content (AvgIpc) is 2.15. The average molecular weight is 169 g/mol. The molecule has 0 unspecified atom stereocenters. The Kier molecular flexibility index (Phi) is 1.49. The first-order chi connectivity index (χ1) is 5.29. The molecule has 1 aliphatic rings. The Hall–Kier alpha value is -0.770. The van der Waals surface area contributed by atoms with E-state index >= 15 is 0 Å². The number of hydrogen-bond acceptors (Lipinski definition) is 4. The standard InChI is InChI=1S/C7H11N3S/c1-5-6(8)9-11-7(5)10-3-2-4-10/h2-4H2,1H3,(H2,8,9).